The van der Waals surface area contributed by atoms with Crippen molar-refractivity contribution in [2.75, 3.05) is 5.75 Å². The third-order valence-corrected chi connectivity index (χ3v) is 9.56. The Labute approximate surface area is 222 Å². The number of aliphatic carboxylic acids is 1. The lowest BCUT2D eigenvalue weighted by atomic mass is 9.89. The number of hydrogen-bond donors (Lipinski definition) is 1. The summed E-state index contributed by atoms with van der Waals surface area (Å²) >= 11 is 12.4. The molecule has 3 rings (SSSR count). The molecule has 0 bridgehead atoms. The van der Waals surface area contributed by atoms with E-state index in [1.54, 1.807) is 69.3 Å². The van der Waals surface area contributed by atoms with Crippen molar-refractivity contribution >= 4 is 44.9 Å². The monoisotopic (exact) mass is 555 g/mol. The molecule has 2 unspecified atom stereocenters. The first kappa shape index (κ1) is 28.4. The van der Waals surface area contributed by atoms with E-state index < -0.39 is 57.2 Å². The van der Waals surface area contributed by atoms with Crippen LogP contribution in [-0.2, 0) is 24.2 Å². The number of ether oxygens (including phenoxy) is 1. The van der Waals surface area contributed by atoms with Gasteiger partial charge in [-0.2, -0.15) is 0 Å². The molecule has 2 aromatic rings. The molecule has 0 aromatic heterocycles. The van der Waals surface area contributed by atoms with Crippen molar-refractivity contribution in [1.29, 1.82) is 0 Å². The van der Waals surface area contributed by atoms with Crippen molar-refractivity contribution < 1.29 is 27.9 Å². The van der Waals surface area contributed by atoms with Crippen LogP contribution in [0, 0.1) is 0 Å². The first-order chi connectivity index (χ1) is 16.7. The van der Waals surface area contributed by atoms with Gasteiger partial charge in [0.2, 0.25) is 0 Å². The molecule has 0 radical (unpaired) electrons. The van der Waals surface area contributed by atoms with Gasteiger partial charge in [0, 0.05) is 16.1 Å². The zero-order chi connectivity index (χ0) is 26.8. The van der Waals surface area contributed by atoms with E-state index in [4.69, 9.17) is 27.9 Å². The fraction of sp³-hybridized carbons (Fsp3) is 0.462. The average Bonchev–Trinajstić information content (AvgIpc) is 2.78. The number of amides is 1. The molecule has 1 saturated heterocycles. The Kier molecular flexibility index (Phi) is 8.76. The Hall–Kier alpha value is -2.13. The average molecular weight is 557 g/mol. The second-order valence-corrected chi connectivity index (χ2v) is 13.6. The van der Waals surface area contributed by atoms with Crippen LogP contribution < -0.4 is 0 Å². The Balaban J connectivity index is 2.21. The van der Waals surface area contributed by atoms with Crippen molar-refractivity contribution in [3.63, 3.8) is 0 Å². The van der Waals surface area contributed by atoms with E-state index >= 15 is 0 Å². The molecular formula is C26H31Cl2NO6S. The number of benzene rings is 2. The van der Waals surface area contributed by atoms with E-state index in [1.807, 2.05) is 6.92 Å². The lowest BCUT2D eigenvalue weighted by molar-refractivity contribution is -0.182. The van der Waals surface area contributed by atoms with Crippen LogP contribution in [0.3, 0.4) is 0 Å². The number of carboxylic acid groups (broad SMARTS) is 1. The predicted molar refractivity (Wildman–Crippen MR) is 140 cm³/mol. The van der Waals surface area contributed by atoms with E-state index in [0.717, 1.165) is 0 Å². The molecule has 1 heterocycles. The fourth-order valence-electron chi connectivity index (χ4n) is 4.30. The summed E-state index contributed by atoms with van der Waals surface area (Å²) < 4.78 is 31.6. The summed E-state index contributed by atoms with van der Waals surface area (Å²) in [5.74, 6) is -2.03. The molecule has 196 valence electrons. The highest BCUT2D eigenvalue weighted by Crippen LogP contribution is 2.45. The molecule has 0 spiro atoms. The quantitative estimate of drug-likeness (QED) is 0.463. The zero-order valence-electron chi connectivity index (χ0n) is 20.6. The van der Waals surface area contributed by atoms with E-state index in [9.17, 15) is 23.1 Å². The van der Waals surface area contributed by atoms with Gasteiger partial charge in [-0.25, -0.2) is 8.42 Å². The molecule has 10 heteroatoms. The van der Waals surface area contributed by atoms with Gasteiger partial charge in [-0.05, 0) is 62.6 Å². The number of sulfone groups is 1. The lowest BCUT2D eigenvalue weighted by Gasteiger charge is -2.48. The van der Waals surface area contributed by atoms with Gasteiger partial charge in [-0.15, -0.1) is 0 Å². The molecular weight excluding hydrogens is 525 g/mol. The van der Waals surface area contributed by atoms with Crippen LogP contribution in [0.25, 0.3) is 0 Å². The van der Waals surface area contributed by atoms with Gasteiger partial charge in [-0.1, -0.05) is 54.4 Å². The summed E-state index contributed by atoms with van der Waals surface area (Å²) in [4.78, 5) is 26.9. The molecule has 1 N–H and O–H groups in total. The van der Waals surface area contributed by atoms with Crippen LogP contribution in [0.1, 0.15) is 63.8 Å². The number of carbonyl (C=O) groups excluding carboxylic acids is 1. The molecule has 36 heavy (non-hydrogen) atoms. The van der Waals surface area contributed by atoms with Gasteiger partial charge in [0.25, 0.3) is 5.91 Å². The Morgan fingerprint density at radius 3 is 2.25 bits per heavy atom. The van der Waals surface area contributed by atoms with Gasteiger partial charge in [-0.3, -0.25) is 9.59 Å². The summed E-state index contributed by atoms with van der Waals surface area (Å²) in [5.41, 5.74) is 1.32. The summed E-state index contributed by atoms with van der Waals surface area (Å²) in [6.45, 7) is 6.67. The SMILES string of the molecule is CCC(CS(=O)(=O)C(C)(C)C)N1C(=O)[C@@H](CC(=O)O)O[C@H](c2cccc(Cl)c2)C1c1ccc(Cl)cc1. The van der Waals surface area contributed by atoms with Gasteiger partial charge in [0.15, 0.2) is 9.84 Å². The summed E-state index contributed by atoms with van der Waals surface area (Å²) in [7, 11) is -3.62. The normalized spacial score (nSPS) is 21.9. The Morgan fingerprint density at radius 1 is 1.08 bits per heavy atom. The maximum absolute atomic E-state index is 13.8. The molecule has 0 saturated carbocycles. The van der Waals surface area contributed by atoms with E-state index in [0.29, 0.717) is 27.6 Å². The predicted octanol–water partition coefficient (Wildman–Crippen LogP) is 5.47. The summed E-state index contributed by atoms with van der Waals surface area (Å²) in [5, 5.41) is 10.4. The van der Waals surface area contributed by atoms with Crippen molar-refractivity contribution in [2.24, 2.45) is 0 Å². The topological polar surface area (TPSA) is 101 Å². The lowest BCUT2D eigenvalue weighted by Crippen LogP contribution is -2.57. The smallest absolute Gasteiger partial charge is 0.306 e. The molecule has 1 aliphatic rings. The highest BCUT2D eigenvalue weighted by atomic mass is 35.5. The summed E-state index contributed by atoms with van der Waals surface area (Å²) in [6, 6.07) is 12.4. The number of carbonyl (C=O) groups is 2. The zero-order valence-corrected chi connectivity index (χ0v) is 23.0. The van der Waals surface area contributed by atoms with Gasteiger partial charge >= 0.3 is 5.97 Å². The third-order valence-electron chi connectivity index (χ3n) is 6.39. The van der Waals surface area contributed by atoms with Crippen LogP contribution in [0.2, 0.25) is 10.0 Å². The van der Waals surface area contributed by atoms with Crippen LogP contribution in [0.15, 0.2) is 48.5 Å². The number of nitrogens with zero attached hydrogens (tertiary/aromatic N) is 1. The van der Waals surface area contributed by atoms with Crippen molar-refractivity contribution in [2.45, 2.75) is 69.6 Å². The van der Waals surface area contributed by atoms with Crippen molar-refractivity contribution in [3.8, 4) is 0 Å². The fourth-order valence-corrected chi connectivity index (χ4v) is 6.03. The largest absolute Gasteiger partial charge is 0.481 e. The second kappa shape index (κ2) is 11.1. The number of hydrogen-bond acceptors (Lipinski definition) is 5. The first-order valence-corrected chi connectivity index (χ1v) is 14.1. The maximum Gasteiger partial charge on any atom is 0.306 e. The first-order valence-electron chi connectivity index (χ1n) is 11.7. The number of morpholine rings is 1. The van der Waals surface area contributed by atoms with Crippen LogP contribution in [0.4, 0.5) is 0 Å². The van der Waals surface area contributed by atoms with Crippen LogP contribution in [0.5, 0.6) is 0 Å². The molecule has 1 aliphatic heterocycles. The van der Waals surface area contributed by atoms with E-state index in [-0.39, 0.29) is 5.75 Å². The maximum atomic E-state index is 13.8. The van der Waals surface area contributed by atoms with Crippen molar-refractivity contribution in [1.82, 2.24) is 4.90 Å². The van der Waals surface area contributed by atoms with Crippen molar-refractivity contribution in [3.05, 3.63) is 69.7 Å². The van der Waals surface area contributed by atoms with Crippen LogP contribution >= 0.6 is 23.2 Å². The molecule has 0 aliphatic carbocycles. The van der Waals surface area contributed by atoms with E-state index in [2.05, 4.69) is 0 Å². The van der Waals surface area contributed by atoms with Crippen LogP contribution in [-0.4, -0.2) is 52.9 Å². The third kappa shape index (κ3) is 6.22. The minimum atomic E-state index is -3.62. The minimum Gasteiger partial charge on any atom is -0.481 e. The van der Waals surface area contributed by atoms with Gasteiger partial charge in [0.05, 0.1) is 23.0 Å². The molecule has 4 atom stereocenters. The summed E-state index contributed by atoms with van der Waals surface area (Å²) in [6.07, 6.45) is -2.30. The highest BCUT2D eigenvalue weighted by molar-refractivity contribution is 7.92. The van der Waals surface area contributed by atoms with Gasteiger partial charge < -0.3 is 14.7 Å². The molecule has 1 fully saturated rings. The number of rotatable bonds is 8. The molecule has 2 aromatic carbocycles. The number of carboxylic acids is 1. The Morgan fingerprint density at radius 2 is 1.72 bits per heavy atom. The Bertz CT molecular complexity index is 1210. The molecule has 1 amide bonds. The highest BCUT2D eigenvalue weighted by Gasteiger charge is 2.48. The van der Waals surface area contributed by atoms with E-state index in [1.165, 1.54) is 4.90 Å². The van der Waals surface area contributed by atoms with Gasteiger partial charge in [0.1, 0.15) is 12.2 Å². The number of halogens is 2. The second-order valence-electron chi connectivity index (χ2n) is 9.90. The molecule has 7 nitrogen and oxygen atoms in total. The minimum absolute atomic E-state index is 0.273. The standard InChI is InChI=1S/C26H31Cl2NO6S/c1-5-20(15-36(33,34)26(2,3)4)29-23(16-9-11-18(27)12-10-16)24(17-7-6-8-19(28)13-17)35-21(25(29)32)14-22(30)31/h6-13,20-21,23-24H,5,14-15H2,1-4H3,(H,30,31)/t20?,21-,23?,24-/m1/s1.